The fourth-order valence-electron chi connectivity index (χ4n) is 3.78. The van der Waals surface area contributed by atoms with E-state index >= 15 is 0 Å². The lowest BCUT2D eigenvalue weighted by molar-refractivity contribution is 0.0535. The van der Waals surface area contributed by atoms with Gasteiger partial charge in [0, 0.05) is 37.3 Å². The van der Waals surface area contributed by atoms with Gasteiger partial charge >= 0.3 is 0 Å². The highest BCUT2D eigenvalue weighted by Crippen LogP contribution is 2.18. The van der Waals surface area contributed by atoms with Crippen LogP contribution in [0.4, 0.5) is 0 Å². The van der Waals surface area contributed by atoms with Gasteiger partial charge in [0.15, 0.2) is 9.84 Å². The Hall–Kier alpha value is -3.45. The maximum absolute atomic E-state index is 13.0. The minimum atomic E-state index is -3.49. The van der Waals surface area contributed by atoms with Crippen molar-refractivity contribution < 1.29 is 18.0 Å². The molecule has 6 nitrogen and oxygen atoms in total. The molecule has 3 aromatic rings. The van der Waals surface area contributed by atoms with Crippen LogP contribution in [0.1, 0.15) is 26.3 Å². The van der Waals surface area contributed by atoms with Crippen molar-refractivity contribution in [1.29, 1.82) is 0 Å². The Morgan fingerprint density at radius 1 is 0.656 bits per heavy atom. The Morgan fingerprint density at radius 2 is 1.16 bits per heavy atom. The summed E-state index contributed by atoms with van der Waals surface area (Å²) in [5.41, 5.74) is 1.66. The van der Waals surface area contributed by atoms with Crippen molar-refractivity contribution in [1.82, 2.24) is 9.80 Å². The van der Waals surface area contributed by atoms with Gasteiger partial charge in [-0.1, -0.05) is 48.5 Å². The number of piperazine rings is 1. The minimum Gasteiger partial charge on any atom is -0.335 e. The van der Waals surface area contributed by atoms with Crippen LogP contribution in [-0.4, -0.2) is 56.2 Å². The molecule has 0 atom stereocenters. The van der Waals surface area contributed by atoms with Crippen LogP contribution in [0.25, 0.3) is 0 Å². The zero-order valence-corrected chi connectivity index (χ0v) is 18.4. The molecule has 1 heterocycles. The molecule has 3 aromatic carbocycles. The average Bonchev–Trinajstić information content (AvgIpc) is 2.84. The van der Waals surface area contributed by atoms with E-state index in [1.54, 1.807) is 76.5 Å². The van der Waals surface area contributed by atoms with E-state index in [0.717, 1.165) is 0 Å². The standard InChI is InChI=1S/C25H24N2O4S/c28-24(21-9-3-1-4-10-21)26-14-16-27(17-15-26)25(29)22-11-7-8-20(18-22)19-32(30,31)23-12-5-2-6-13-23/h1-13,18H,14-17,19H2. The molecule has 7 heteroatoms. The normalized spacial score (nSPS) is 14.2. The third kappa shape index (κ3) is 4.89. The van der Waals surface area contributed by atoms with E-state index in [1.807, 2.05) is 18.2 Å². The van der Waals surface area contributed by atoms with Crippen molar-refractivity contribution >= 4 is 21.7 Å². The third-order valence-corrected chi connectivity index (χ3v) is 7.21. The Labute approximate surface area is 188 Å². The van der Waals surface area contributed by atoms with E-state index < -0.39 is 9.84 Å². The second-order valence-corrected chi connectivity index (χ2v) is 9.71. The van der Waals surface area contributed by atoms with Gasteiger partial charge in [-0.3, -0.25) is 9.59 Å². The molecule has 32 heavy (non-hydrogen) atoms. The summed E-state index contributed by atoms with van der Waals surface area (Å²) < 4.78 is 25.3. The number of carbonyl (C=O) groups excluding carboxylic acids is 2. The van der Waals surface area contributed by atoms with Gasteiger partial charge in [0.25, 0.3) is 11.8 Å². The number of benzene rings is 3. The smallest absolute Gasteiger partial charge is 0.253 e. The predicted molar refractivity (Wildman–Crippen MR) is 122 cm³/mol. The number of hydrogen-bond acceptors (Lipinski definition) is 4. The summed E-state index contributed by atoms with van der Waals surface area (Å²) in [6.07, 6.45) is 0. The summed E-state index contributed by atoms with van der Waals surface area (Å²) in [5, 5.41) is 0. The molecular formula is C25H24N2O4S. The molecule has 0 bridgehead atoms. The number of nitrogens with zero attached hydrogens (tertiary/aromatic N) is 2. The van der Waals surface area contributed by atoms with Gasteiger partial charge in [-0.05, 0) is 42.0 Å². The summed E-state index contributed by atoms with van der Waals surface area (Å²) in [6.45, 7) is 1.79. The summed E-state index contributed by atoms with van der Waals surface area (Å²) in [6, 6.07) is 24.2. The zero-order chi connectivity index (χ0) is 22.6. The van der Waals surface area contributed by atoms with E-state index in [4.69, 9.17) is 0 Å². The van der Waals surface area contributed by atoms with Crippen LogP contribution in [0.15, 0.2) is 89.8 Å². The molecular weight excluding hydrogens is 424 g/mol. The number of carbonyl (C=O) groups is 2. The van der Waals surface area contributed by atoms with E-state index in [1.165, 1.54) is 0 Å². The van der Waals surface area contributed by atoms with Gasteiger partial charge in [0.2, 0.25) is 0 Å². The summed E-state index contributed by atoms with van der Waals surface area (Å²) >= 11 is 0. The Bertz CT molecular complexity index is 1200. The lowest BCUT2D eigenvalue weighted by Crippen LogP contribution is -2.50. The monoisotopic (exact) mass is 448 g/mol. The van der Waals surface area contributed by atoms with Gasteiger partial charge in [-0.25, -0.2) is 8.42 Å². The maximum atomic E-state index is 13.0. The SMILES string of the molecule is O=C(c1ccccc1)N1CCN(C(=O)c2cccc(CS(=O)(=O)c3ccccc3)c2)CC1. The first-order valence-corrected chi connectivity index (χ1v) is 12.1. The molecule has 0 unspecified atom stereocenters. The Balaban J connectivity index is 1.41. The number of rotatable bonds is 5. The van der Waals surface area contributed by atoms with Gasteiger partial charge in [-0.2, -0.15) is 0 Å². The molecule has 0 spiro atoms. The summed E-state index contributed by atoms with van der Waals surface area (Å²) in [4.78, 5) is 29.3. The molecule has 2 amide bonds. The van der Waals surface area contributed by atoms with E-state index in [-0.39, 0.29) is 22.5 Å². The molecule has 1 fully saturated rings. The van der Waals surface area contributed by atoms with Crippen LogP contribution in [0, 0.1) is 0 Å². The van der Waals surface area contributed by atoms with Crippen LogP contribution in [0.2, 0.25) is 0 Å². The van der Waals surface area contributed by atoms with Gasteiger partial charge in [0.1, 0.15) is 0 Å². The summed E-state index contributed by atoms with van der Waals surface area (Å²) in [7, 11) is -3.49. The van der Waals surface area contributed by atoms with Crippen LogP contribution < -0.4 is 0 Å². The van der Waals surface area contributed by atoms with Crippen molar-refractivity contribution in [2.75, 3.05) is 26.2 Å². The van der Waals surface area contributed by atoms with Crippen molar-refractivity contribution in [2.45, 2.75) is 10.6 Å². The highest BCUT2D eigenvalue weighted by atomic mass is 32.2. The highest BCUT2D eigenvalue weighted by molar-refractivity contribution is 7.90. The lowest BCUT2D eigenvalue weighted by atomic mass is 10.1. The Kier molecular flexibility index (Phi) is 6.37. The second kappa shape index (κ2) is 9.36. The topological polar surface area (TPSA) is 74.8 Å². The fraction of sp³-hybridized carbons (Fsp3) is 0.200. The molecule has 0 saturated carbocycles. The van der Waals surface area contributed by atoms with Gasteiger partial charge in [0.05, 0.1) is 10.6 Å². The fourth-order valence-corrected chi connectivity index (χ4v) is 5.14. The first kappa shape index (κ1) is 21.8. The molecule has 1 aliphatic heterocycles. The molecule has 0 radical (unpaired) electrons. The quantitative estimate of drug-likeness (QED) is 0.601. The van der Waals surface area contributed by atoms with Crippen molar-refractivity contribution in [3.8, 4) is 0 Å². The van der Waals surface area contributed by atoms with Crippen molar-refractivity contribution in [3.63, 3.8) is 0 Å². The largest absolute Gasteiger partial charge is 0.335 e. The van der Waals surface area contributed by atoms with E-state index in [9.17, 15) is 18.0 Å². The lowest BCUT2D eigenvalue weighted by Gasteiger charge is -2.35. The first-order chi connectivity index (χ1) is 15.4. The summed E-state index contributed by atoms with van der Waals surface area (Å²) in [5.74, 6) is -0.362. The number of hydrogen-bond donors (Lipinski definition) is 0. The van der Waals surface area contributed by atoms with Gasteiger partial charge in [-0.15, -0.1) is 0 Å². The molecule has 4 rings (SSSR count). The number of amides is 2. The van der Waals surface area contributed by atoms with Gasteiger partial charge < -0.3 is 9.80 Å². The van der Waals surface area contributed by atoms with E-state index in [2.05, 4.69) is 0 Å². The molecule has 1 saturated heterocycles. The van der Waals surface area contributed by atoms with Crippen LogP contribution in [0.3, 0.4) is 0 Å². The second-order valence-electron chi connectivity index (χ2n) is 7.72. The Morgan fingerprint density at radius 3 is 1.75 bits per heavy atom. The highest BCUT2D eigenvalue weighted by Gasteiger charge is 2.26. The molecule has 164 valence electrons. The molecule has 0 aliphatic carbocycles. The molecule has 0 aromatic heterocycles. The first-order valence-electron chi connectivity index (χ1n) is 10.4. The van der Waals surface area contributed by atoms with Crippen LogP contribution in [-0.2, 0) is 15.6 Å². The zero-order valence-electron chi connectivity index (χ0n) is 17.6. The van der Waals surface area contributed by atoms with Crippen LogP contribution >= 0.6 is 0 Å². The minimum absolute atomic E-state index is 0.0363. The van der Waals surface area contributed by atoms with Crippen molar-refractivity contribution in [3.05, 3.63) is 102 Å². The predicted octanol–water partition coefficient (Wildman–Crippen LogP) is 3.26. The third-order valence-electron chi connectivity index (χ3n) is 5.51. The maximum Gasteiger partial charge on any atom is 0.253 e. The van der Waals surface area contributed by atoms with Crippen LogP contribution in [0.5, 0.6) is 0 Å². The molecule has 1 aliphatic rings. The van der Waals surface area contributed by atoms with Crippen molar-refractivity contribution in [2.24, 2.45) is 0 Å². The molecule has 0 N–H and O–H groups in total. The van der Waals surface area contributed by atoms with E-state index in [0.29, 0.717) is 42.9 Å². The average molecular weight is 449 g/mol. The number of sulfone groups is 1.